The highest BCUT2D eigenvalue weighted by molar-refractivity contribution is 5.65. The third-order valence-corrected chi connectivity index (χ3v) is 3.12. The van der Waals surface area contributed by atoms with E-state index in [0.717, 1.165) is 5.56 Å². The number of nitrogens with one attached hydrogen (secondary N) is 1. The van der Waals surface area contributed by atoms with Gasteiger partial charge >= 0.3 is 0 Å². The molecule has 0 fully saturated rings. The van der Waals surface area contributed by atoms with Gasteiger partial charge in [0.15, 0.2) is 5.76 Å². The molecule has 0 aliphatic rings. The number of aryl methyl sites for hydroxylation is 1. The van der Waals surface area contributed by atoms with Gasteiger partial charge in [-0.1, -0.05) is 17.3 Å². The lowest BCUT2D eigenvalue weighted by Crippen LogP contribution is -2.35. The number of benzene rings is 1. The molecule has 0 radical (unpaired) electrons. The van der Waals surface area contributed by atoms with E-state index in [4.69, 9.17) is 4.52 Å². The Kier molecular flexibility index (Phi) is 4.09. The van der Waals surface area contributed by atoms with E-state index < -0.39 is 0 Å². The molecule has 21 heavy (non-hydrogen) atoms. The molecule has 2 aromatic rings. The van der Waals surface area contributed by atoms with Gasteiger partial charge in [-0.2, -0.15) is 0 Å². The topological polar surface area (TPSA) is 81.2 Å². The minimum Gasteiger partial charge on any atom is -0.356 e. The van der Waals surface area contributed by atoms with Crippen LogP contribution in [0.5, 0.6) is 0 Å². The van der Waals surface area contributed by atoms with Crippen molar-refractivity contribution in [3.05, 3.63) is 45.6 Å². The van der Waals surface area contributed by atoms with Crippen molar-refractivity contribution in [1.29, 1.82) is 0 Å². The summed E-state index contributed by atoms with van der Waals surface area (Å²) in [6, 6.07) is 5.05. The van der Waals surface area contributed by atoms with Crippen molar-refractivity contribution < 1.29 is 9.45 Å². The lowest BCUT2D eigenvalue weighted by Gasteiger charge is -2.20. The molecule has 1 N–H and O–H groups in total. The minimum atomic E-state index is -0.387. The molecule has 1 aromatic heterocycles. The van der Waals surface area contributed by atoms with Crippen LogP contribution in [-0.4, -0.2) is 15.6 Å². The van der Waals surface area contributed by atoms with E-state index in [1.807, 2.05) is 6.07 Å². The first-order chi connectivity index (χ1) is 9.78. The maximum atomic E-state index is 11.0. The molecule has 1 heterocycles. The fourth-order valence-electron chi connectivity index (χ4n) is 1.93. The Hall–Kier alpha value is -2.21. The standard InChI is InChI=1S/C15H19N3O3/c1-10-5-6-11(7-13(10)18(19)20)14-12(9-17-21-14)8-16-15(2,3)4/h5-7,9,16H,8H2,1-4H3. The molecule has 0 aliphatic carbocycles. The van der Waals surface area contributed by atoms with Gasteiger partial charge in [0, 0.05) is 34.8 Å². The molecule has 0 unspecified atom stereocenters. The zero-order chi connectivity index (χ0) is 15.6. The second-order valence-electron chi connectivity index (χ2n) is 6.04. The average Bonchev–Trinajstić information content (AvgIpc) is 2.84. The van der Waals surface area contributed by atoms with E-state index in [9.17, 15) is 10.1 Å². The van der Waals surface area contributed by atoms with Crippen LogP contribution in [0.4, 0.5) is 5.69 Å². The average molecular weight is 289 g/mol. The molecule has 0 amide bonds. The number of nitro groups is 1. The quantitative estimate of drug-likeness (QED) is 0.688. The van der Waals surface area contributed by atoms with Gasteiger partial charge in [0.05, 0.1) is 11.1 Å². The first-order valence-electron chi connectivity index (χ1n) is 6.72. The Morgan fingerprint density at radius 3 is 2.71 bits per heavy atom. The van der Waals surface area contributed by atoms with Crippen molar-refractivity contribution in [2.45, 2.75) is 39.8 Å². The smallest absolute Gasteiger partial charge is 0.273 e. The number of nitro benzene ring substituents is 1. The minimum absolute atomic E-state index is 0.0339. The zero-order valence-corrected chi connectivity index (χ0v) is 12.6. The summed E-state index contributed by atoms with van der Waals surface area (Å²) in [7, 11) is 0. The van der Waals surface area contributed by atoms with Crippen LogP contribution in [0, 0.1) is 17.0 Å². The summed E-state index contributed by atoms with van der Waals surface area (Å²) in [5, 5.41) is 18.2. The molecule has 0 atom stereocenters. The largest absolute Gasteiger partial charge is 0.356 e. The molecular weight excluding hydrogens is 270 g/mol. The molecule has 6 nitrogen and oxygen atoms in total. The Bertz CT molecular complexity index is 656. The molecule has 1 aromatic carbocycles. The van der Waals surface area contributed by atoms with Gasteiger partial charge in [-0.05, 0) is 27.7 Å². The lowest BCUT2D eigenvalue weighted by molar-refractivity contribution is -0.385. The molecule has 0 spiro atoms. The van der Waals surface area contributed by atoms with Crippen LogP contribution >= 0.6 is 0 Å². The van der Waals surface area contributed by atoms with Gasteiger partial charge in [-0.25, -0.2) is 0 Å². The fourth-order valence-corrected chi connectivity index (χ4v) is 1.93. The van der Waals surface area contributed by atoms with Gasteiger partial charge in [-0.15, -0.1) is 0 Å². The normalized spacial score (nSPS) is 11.6. The highest BCUT2D eigenvalue weighted by Gasteiger charge is 2.18. The first kappa shape index (κ1) is 15.2. The van der Waals surface area contributed by atoms with Gasteiger partial charge in [0.1, 0.15) is 0 Å². The van der Waals surface area contributed by atoms with Gasteiger partial charge in [0.25, 0.3) is 5.69 Å². The summed E-state index contributed by atoms with van der Waals surface area (Å²) in [4.78, 5) is 10.6. The molecule has 0 aliphatic heterocycles. The van der Waals surface area contributed by atoms with E-state index in [-0.39, 0.29) is 16.1 Å². The second kappa shape index (κ2) is 5.65. The monoisotopic (exact) mass is 289 g/mol. The predicted molar refractivity (Wildman–Crippen MR) is 79.9 cm³/mol. The van der Waals surface area contributed by atoms with Gasteiger partial charge in [0.2, 0.25) is 0 Å². The van der Waals surface area contributed by atoms with Gasteiger partial charge < -0.3 is 9.84 Å². The maximum absolute atomic E-state index is 11.0. The summed E-state index contributed by atoms with van der Waals surface area (Å²) in [6.45, 7) is 8.50. The zero-order valence-electron chi connectivity index (χ0n) is 12.6. The molecular formula is C15H19N3O3. The molecule has 0 saturated carbocycles. The van der Waals surface area contributed by atoms with Crippen LogP contribution in [-0.2, 0) is 6.54 Å². The van der Waals surface area contributed by atoms with Crippen LogP contribution in [0.25, 0.3) is 11.3 Å². The number of rotatable bonds is 4. The maximum Gasteiger partial charge on any atom is 0.273 e. The van der Waals surface area contributed by atoms with Crippen LogP contribution in [0.3, 0.4) is 0 Å². The van der Waals surface area contributed by atoms with Crippen LogP contribution < -0.4 is 5.32 Å². The number of aromatic nitrogens is 1. The summed E-state index contributed by atoms with van der Waals surface area (Å²) in [5.74, 6) is 0.565. The lowest BCUT2D eigenvalue weighted by atomic mass is 10.0. The van der Waals surface area contributed by atoms with Crippen LogP contribution in [0.15, 0.2) is 28.9 Å². The summed E-state index contributed by atoms with van der Waals surface area (Å²) < 4.78 is 5.28. The van der Waals surface area contributed by atoms with Crippen molar-refractivity contribution in [3.63, 3.8) is 0 Å². The van der Waals surface area contributed by atoms with E-state index in [2.05, 4.69) is 31.2 Å². The summed E-state index contributed by atoms with van der Waals surface area (Å²) in [5.41, 5.74) is 2.21. The van der Waals surface area contributed by atoms with Gasteiger partial charge in [-0.3, -0.25) is 10.1 Å². The molecule has 2 rings (SSSR count). The molecule has 0 saturated heterocycles. The number of hydrogen-bond acceptors (Lipinski definition) is 5. The highest BCUT2D eigenvalue weighted by atomic mass is 16.6. The van der Waals surface area contributed by atoms with E-state index in [1.165, 1.54) is 6.07 Å². The van der Waals surface area contributed by atoms with Crippen LogP contribution in [0.1, 0.15) is 31.9 Å². The van der Waals surface area contributed by atoms with Crippen molar-refractivity contribution in [2.75, 3.05) is 0 Å². The summed E-state index contributed by atoms with van der Waals surface area (Å²) in [6.07, 6.45) is 1.64. The Morgan fingerprint density at radius 2 is 2.10 bits per heavy atom. The number of hydrogen-bond donors (Lipinski definition) is 1. The van der Waals surface area contributed by atoms with Crippen molar-refractivity contribution in [3.8, 4) is 11.3 Å². The third-order valence-electron chi connectivity index (χ3n) is 3.12. The van der Waals surface area contributed by atoms with Crippen molar-refractivity contribution in [2.24, 2.45) is 0 Å². The molecule has 0 bridgehead atoms. The SMILES string of the molecule is Cc1ccc(-c2oncc2CNC(C)(C)C)cc1[N+](=O)[O-]. The highest BCUT2D eigenvalue weighted by Crippen LogP contribution is 2.29. The van der Waals surface area contributed by atoms with E-state index in [1.54, 1.807) is 19.2 Å². The third kappa shape index (κ3) is 3.66. The fraction of sp³-hybridized carbons (Fsp3) is 0.400. The van der Waals surface area contributed by atoms with E-state index in [0.29, 0.717) is 23.4 Å². The Morgan fingerprint density at radius 1 is 1.38 bits per heavy atom. The molecule has 112 valence electrons. The first-order valence-corrected chi connectivity index (χ1v) is 6.72. The molecule has 6 heteroatoms. The van der Waals surface area contributed by atoms with Crippen molar-refractivity contribution >= 4 is 5.69 Å². The summed E-state index contributed by atoms with van der Waals surface area (Å²) >= 11 is 0. The Labute approximate surface area is 123 Å². The second-order valence-corrected chi connectivity index (χ2v) is 6.04. The van der Waals surface area contributed by atoms with Crippen molar-refractivity contribution in [1.82, 2.24) is 10.5 Å². The predicted octanol–water partition coefficient (Wildman–Crippen LogP) is 3.45. The van der Waals surface area contributed by atoms with Crippen LogP contribution in [0.2, 0.25) is 0 Å². The number of nitrogens with zero attached hydrogens (tertiary/aromatic N) is 2. The Balaban J connectivity index is 2.33. The van der Waals surface area contributed by atoms with E-state index >= 15 is 0 Å².